The molecule has 1 N–H and O–H groups in total. The van der Waals surface area contributed by atoms with E-state index in [0.717, 1.165) is 47.8 Å². The lowest BCUT2D eigenvalue weighted by Crippen LogP contribution is -2.52. The smallest absolute Gasteiger partial charge is 0.408 e. The van der Waals surface area contributed by atoms with Gasteiger partial charge in [-0.2, -0.15) is 0 Å². The zero-order valence-corrected chi connectivity index (χ0v) is 23.9. The van der Waals surface area contributed by atoms with E-state index in [1.807, 2.05) is 75.4 Å². The van der Waals surface area contributed by atoms with Gasteiger partial charge in [-0.15, -0.1) is 0 Å². The lowest BCUT2D eigenvalue weighted by molar-refractivity contribution is -0.121. The summed E-state index contributed by atoms with van der Waals surface area (Å²) in [7, 11) is -3.49. The molecule has 5 rings (SSSR count). The lowest BCUT2D eigenvalue weighted by atomic mass is 9.71. The number of nitrogens with one attached hydrogen (secondary N) is 1. The highest BCUT2D eigenvalue weighted by atomic mass is 32.2. The number of hydrogen-bond acceptors (Lipinski definition) is 7. The first kappa shape index (κ1) is 27.6. The van der Waals surface area contributed by atoms with Crippen molar-refractivity contribution in [3.8, 4) is 28.3 Å². The Kier molecular flexibility index (Phi) is 7.08. The van der Waals surface area contributed by atoms with E-state index in [2.05, 4.69) is 5.32 Å². The number of aromatic nitrogens is 1. The lowest BCUT2D eigenvalue weighted by Gasteiger charge is -2.43. The van der Waals surface area contributed by atoms with Crippen molar-refractivity contribution in [2.75, 3.05) is 23.6 Å². The first-order valence-corrected chi connectivity index (χ1v) is 15.2. The van der Waals surface area contributed by atoms with Crippen LogP contribution in [0.5, 0.6) is 5.88 Å². The zero-order chi connectivity index (χ0) is 28.7. The molecule has 1 fully saturated rings. The molecular weight excluding hydrogens is 530 g/mol. The van der Waals surface area contributed by atoms with Crippen LogP contribution in [0.1, 0.15) is 45.6 Å². The molecule has 2 heterocycles. The number of sulfone groups is 1. The standard InChI is InChI=1S/C30H33N3O6S/c1-29(2,3)39-28(35)32-30(15-8-16-30)22-13-11-21(12-14-22)26-23(20-9-6-5-7-10-20)17-24-27(31-26)38-18-25(34)33(24)19-40(4,36)37/h5-7,9-14,17H,8,15-16,18-19H2,1-4H3,(H,32,35). The minimum Gasteiger partial charge on any atom is -0.466 e. The molecule has 1 aromatic heterocycles. The molecule has 9 nitrogen and oxygen atoms in total. The number of ether oxygens (including phenoxy) is 2. The first-order chi connectivity index (χ1) is 18.8. The summed E-state index contributed by atoms with van der Waals surface area (Å²) in [6.07, 6.45) is 3.28. The molecule has 2 aliphatic rings. The van der Waals surface area contributed by atoms with E-state index in [4.69, 9.17) is 14.5 Å². The Hall–Kier alpha value is -3.92. The third-order valence-corrected chi connectivity index (χ3v) is 7.73. The summed E-state index contributed by atoms with van der Waals surface area (Å²) in [6.45, 7) is 5.22. The van der Waals surface area contributed by atoms with Crippen molar-refractivity contribution < 1.29 is 27.5 Å². The third kappa shape index (κ3) is 5.82. The van der Waals surface area contributed by atoms with Gasteiger partial charge in [0.25, 0.3) is 5.91 Å². The summed E-state index contributed by atoms with van der Waals surface area (Å²) < 4.78 is 35.3. The average molecular weight is 564 g/mol. The Morgan fingerprint density at radius 2 is 1.75 bits per heavy atom. The van der Waals surface area contributed by atoms with E-state index in [1.165, 1.54) is 4.90 Å². The van der Waals surface area contributed by atoms with Gasteiger partial charge < -0.3 is 14.8 Å². The fourth-order valence-electron chi connectivity index (χ4n) is 5.02. The predicted molar refractivity (Wildman–Crippen MR) is 153 cm³/mol. The van der Waals surface area contributed by atoms with Crippen molar-refractivity contribution in [3.05, 3.63) is 66.2 Å². The maximum absolute atomic E-state index is 12.6. The molecule has 0 saturated heterocycles. The molecule has 3 aromatic rings. The summed E-state index contributed by atoms with van der Waals surface area (Å²) in [5, 5.41) is 3.08. The zero-order valence-electron chi connectivity index (χ0n) is 23.1. The van der Waals surface area contributed by atoms with Crippen molar-refractivity contribution in [2.24, 2.45) is 0 Å². The molecule has 0 bridgehead atoms. The van der Waals surface area contributed by atoms with Crippen LogP contribution in [0.15, 0.2) is 60.7 Å². The molecular formula is C30H33N3O6S. The Bertz CT molecular complexity index is 1540. The van der Waals surface area contributed by atoms with E-state index in [1.54, 1.807) is 6.07 Å². The molecule has 10 heteroatoms. The highest BCUT2D eigenvalue weighted by Gasteiger charge is 2.41. The van der Waals surface area contributed by atoms with E-state index >= 15 is 0 Å². The number of carbonyl (C=O) groups is 2. The number of fused-ring (bicyclic) bond motifs is 1. The van der Waals surface area contributed by atoms with Crippen LogP contribution in [0.25, 0.3) is 22.4 Å². The van der Waals surface area contributed by atoms with Crippen molar-refractivity contribution in [1.29, 1.82) is 0 Å². The molecule has 1 aliphatic heterocycles. The van der Waals surface area contributed by atoms with Crippen LogP contribution in [0.3, 0.4) is 0 Å². The van der Waals surface area contributed by atoms with Gasteiger partial charge in [0.1, 0.15) is 17.2 Å². The first-order valence-electron chi connectivity index (χ1n) is 13.2. The van der Waals surface area contributed by atoms with Gasteiger partial charge in [-0.3, -0.25) is 9.69 Å². The molecule has 2 aromatic carbocycles. The second kappa shape index (κ2) is 10.2. The Labute approximate surface area is 234 Å². The second-order valence-corrected chi connectivity index (χ2v) is 13.5. The van der Waals surface area contributed by atoms with E-state index in [-0.39, 0.29) is 12.5 Å². The molecule has 0 atom stereocenters. The highest BCUT2D eigenvalue weighted by Crippen LogP contribution is 2.44. The molecule has 40 heavy (non-hydrogen) atoms. The topological polar surface area (TPSA) is 115 Å². The number of alkyl carbamates (subject to hydrolysis) is 1. The maximum atomic E-state index is 12.6. The third-order valence-electron chi connectivity index (χ3n) is 7.00. The summed E-state index contributed by atoms with van der Waals surface area (Å²) >= 11 is 0. The average Bonchev–Trinajstić information content (AvgIpc) is 2.86. The number of pyridine rings is 1. The van der Waals surface area contributed by atoms with Gasteiger partial charge >= 0.3 is 6.09 Å². The number of rotatable bonds is 6. The van der Waals surface area contributed by atoms with Crippen molar-refractivity contribution in [3.63, 3.8) is 0 Å². The SMILES string of the molecule is CC(C)(C)OC(=O)NC1(c2ccc(-c3nc4c(cc3-c3ccccc3)N(CS(C)(=O)=O)C(=O)CO4)cc2)CCC1. The number of amides is 2. The van der Waals surface area contributed by atoms with Crippen molar-refractivity contribution in [1.82, 2.24) is 10.3 Å². The van der Waals surface area contributed by atoms with Gasteiger partial charge in [-0.05, 0) is 57.2 Å². The fourth-order valence-corrected chi connectivity index (χ4v) is 5.78. The van der Waals surface area contributed by atoms with Crippen LogP contribution in [-0.2, 0) is 24.9 Å². The van der Waals surface area contributed by atoms with E-state index in [9.17, 15) is 18.0 Å². The summed E-state index contributed by atoms with van der Waals surface area (Å²) in [4.78, 5) is 31.2. The van der Waals surface area contributed by atoms with Gasteiger partial charge in [-0.25, -0.2) is 18.2 Å². The number of benzene rings is 2. The molecule has 1 saturated carbocycles. The Morgan fingerprint density at radius 1 is 1.07 bits per heavy atom. The van der Waals surface area contributed by atoms with Gasteiger partial charge in [0.2, 0.25) is 5.88 Å². The Balaban J connectivity index is 1.54. The molecule has 2 amide bonds. The van der Waals surface area contributed by atoms with Crippen LogP contribution in [-0.4, -0.2) is 49.7 Å². The highest BCUT2D eigenvalue weighted by molar-refractivity contribution is 7.90. The molecule has 0 radical (unpaired) electrons. The van der Waals surface area contributed by atoms with Crippen molar-refractivity contribution in [2.45, 2.75) is 51.2 Å². The monoisotopic (exact) mass is 563 g/mol. The number of carbonyl (C=O) groups excluding carboxylic acids is 2. The number of anilines is 1. The minimum absolute atomic E-state index is 0.198. The van der Waals surface area contributed by atoms with Gasteiger partial charge in [0.15, 0.2) is 16.4 Å². The number of hydrogen-bond donors (Lipinski definition) is 1. The summed E-state index contributed by atoms with van der Waals surface area (Å²) in [5.74, 6) is -0.706. The van der Waals surface area contributed by atoms with Crippen LogP contribution >= 0.6 is 0 Å². The summed E-state index contributed by atoms with van der Waals surface area (Å²) in [6, 6.07) is 19.2. The van der Waals surface area contributed by atoms with Gasteiger partial charge in [0.05, 0.1) is 11.2 Å². The van der Waals surface area contributed by atoms with Crippen molar-refractivity contribution >= 4 is 27.5 Å². The fraction of sp³-hybridized carbons (Fsp3) is 0.367. The number of nitrogens with zero attached hydrogens (tertiary/aromatic N) is 2. The molecule has 1 aliphatic carbocycles. The normalized spacial score (nSPS) is 16.4. The van der Waals surface area contributed by atoms with Gasteiger partial charge in [-0.1, -0.05) is 54.6 Å². The van der Waals surface area contributed by atoms with Crippen LogP contribution in [0.2, 0.25) is 0 Å². The molecule has 210 valence electrons. The van der Waals surface area contributed by atoms with Crippen LogP contribution in [0, 0.1) is 0 Å². The van der Waals surface area contributed by atoms with Gasteiger partial charge in [0, 0.05) is 17.4 Å². The quantitative estimate of drug-likeness (QED) is 0.446. The largest absolute Gasteiger partial charge is 0.466 e. The van der Waals surface area contributed by atoms with Crippen LogP contribution < -0.4 is 15.0 Å². The maximum Gasteiger partial charge on any atom is 0.408 e. The Morgan fingerprint density at radius 3 is 2.33 bits per heavy atom. The van der Waals surface area contributed by atoms with Crippen LogP contribution in [0.4, 0.5) is 10.5 Å². The van der Waals surface area contributed by atoms with E-state index in [0.29, 0.717) is 11.4 Å². The second-order valence-electron chi connectivity index (χ2n) is 11.4. The molecule has 0 unspecified atom stereocenters. The molecule has 0 spiro atoms. The predicted octanol–water partition coefficient (Wildman–Crippen LogP) is 5.05. The summed E-state index contributed by atoms with van der Waals surface area (Å²) in [5.41, 5.74) is 3.26. The minimum atomic E-state index is -3.49. The van der Waals surface area contributed by atoms with E-state index < -0.39 is 38.9 Å².